The summed E-state index contributed by atoms with van der Waals surface area (Å²) in [5.41, 5.74) is 2.64. The fourth-order valence-corrected chi connectivity index (χ4v) is 7.01. The maximum atomic E-state index is 13.4. The molecule has 1 aromatic rings. The number of carbonyl (C=O) groups excluding carboxylic acids is 2. The van der Waals surface area contributed by atoms with E-state index in [1.54, 1.807) is 0 Å². The van der Waals surface area contributed by atoms with Gasteiger partial charge in [0.1, 0.15) is 5.60 Å². The first kappa shape index (κ1) is 25.5. The number of rotatable bonds is 5. The van der Waals surface area contributed by atoms with Gasteiger partial charge in [0.05, 0.1) is 0 Å². The maximum absolute atomic E-state index is 13.4. The number of amides is 2. The number of nitrogens with one attached hydrogen (secondary N) is 1. The summed E-state index contributed by atoms with van der Waals surface area (Å²) in [6.07, 6.45) is 8.36. The highest BCUT2D eigenvalue weighted by atomic mass is 16.6. The quantitative estimate of drug-likeness (QED) is 0.668. The van der Waals surface area contributed by atoms with Crippen LogP contribution in [0.1, 0.15) is 72.9 Å². The molecule has 0 aliphatic carbocycles. The lowest BCUT2D eigenvalue weighted by molar-refractivity contribution is -0.0990. The van der Waals surface area contributed by atoms with Gasteiger partial charge in [-0.1, -0.05) is 24.6 Å². The summed E-state index contributed by atoms with van der Waals surface area (Å²) in [4.78, 5) is 33.4. The summed E-state index contributed by atoms with van der Waals surface area (Å²) in [6.45, 7) is 11.4. The molecule has 1 atom stereocenters. The maximum Gasteiger partial charge on any atom is 0.410 e. The van der Waals surface area contributed by atoms with Crippen molar-refractivity contribution in [3.05, 3.63) is 34.9 Å². The second-order valence-corrected chi connectivity index (χ2v) is 11.6. The highest BCUT2D eigenvalue weighted by Gasteiger charge is 2.49. The molecule has 0 radical (unpaired) electrons. The van der Waals surface area contributed by atoms with Crippen LogP contribution in [0.15, 0.2) is 18.2 Å². The molecule has 5 rings (SSSR count). The third-order valence-electron chi connectivity index (χ3n) is 9.21. The molecule has 1 unspecified atom stereocenters. The van der Waals surface area contributed by atoms with Crippen LogP contribution in [0, 0.1) is 19.8 Å². The molecule has 4 aliphatic heterocycles. The lowest BCUT2D eigenvalue weighted by Gasteiger charge is -2.51. The minimum Gasteiger partial charge on any atom is -0.443 e. The molecule has 1 N–H and O–H groups in total. The fourth-order valence-electron chi connectivity index (χ4n) is 7.01. The average Bonchev–Trinajstić information content (AvgIpc) is 2.89. The molecule has 4 heterocycles. The zero-order valence-electron chi connectivity index (χ0n) is 22.3. The second kappa shape index (κ2) is 11.1. The number of aryl methyl sites for hydroxylation is 2. The fraction of sp³-hybridized carbons (Fsp3) is 0.724. The highest BCUT2D eigenvalue weighted by Crippen LogP contribution is 2.40. The second-order valence-electron chi connectivity index (χ2n) is 11.6. The van der Waals surface area contributed by atoms with Crippen molar-refractivity contribution in [3.8, 4) is 0 Å². The van der Waals surface area contributed by atoms with Crippen molar-refractivity contribution in [2.75, 3.05) is 52.4 Å². The van der Waals surface area contributed by atoms with E-state index in [1.807, 2.05) is 36.9 Å². The summed E-state index contributed by atoms with van der Waals surface area (Å²) in [7, 11) is 0. The Morgan fingerprint density at radius 1 is 1.00 bits per heavy atom. The first-order chi connectivity index (χ1) is 17.5. The Balaban J connectivity index is 1.28. The van der Waals surface area contributed by atoms with E-state index in [4.69, 9.17) is 4.74 Å². The molecule has 198 valence electrons. The van der Waals surface area contributed by atoms with Crippen molar-refractivity contribution in [3.63, 3.8) is 0 Å². The Hall–Kier alpha value is -2.12. The van der Waals surface area contributed by atoms with Crippen LogP contribution >= 0.6 is 0 Å². The van der Waals surface area contributed by atoms with Crippen LogP contribution in [0.5, 0.6) is 0 Å². The van der Waals surface area contributed by atoms with Gasteiger partial charge in [-0.3, -0.25) is 4.79 Å². The van der Waals surface area contributed by atoms with Gasteiger partial charge < -0.3 is 24.8 Å². The number of benzene rings is 1. The van der Waals surface area contributed by atoms with Gasteiger partial charge in [-0.15, -0.1) is 0 Å². The van der Waals surface area contributed by atoms with E-state index in [1.165, 1.54) is 19.3 Å². The van der Waals surface area contributed by atoms with E-state index in [0.29, 0.717) is 5.92 Å². The first-order valence-electron chi connectivity index (χ1n) is 14.2. The van der Waals surface area contributed by atoms with Gasteiger partial charge in [-0.2, -0.15) is 0 Å². The molecule has 36 heavy (non-hydrogen) atoms. The molecule has 7 heteroatoms. The summed E-state index contributed by atoms with van der Waals surface area (Å²) < 4.78 is 6.20. The summed E-state index contributed by atoms with van der Waals surface area (Å²) >= 11 is 0. The minimum atomic E-state index is -0.320. The summed E-state index contributed by atoms with van der Waals surface area (Å²) in [6, 6.07) is 6.27. The number of ether oxygens (including phenoxy) is 1. The minimum absolute atomic E-state index is 0.112. The van der Waals surface area contributed by atoms with Crippen LogP contribution in [0.4, 0.5) is 4.79 Å². The zero-order chi connectivity index (χ0) is 25.1. The Morgan fingerprint density at radius 2 is 1.67 bits per heavy atom. The summed E-state index contributed by atoms with van der Waals surface area (Å²) in [5.74, 6) is 0.567. The van der Waals surface area contributed by atoms with E-state index >= 15 is 0 Å². The average molecular weight is 497 g/mol. The monoisotopic (exact) mass is 496 g/mol. The van der Waals surface area contributed by atoms with Crippen LogP contribution in [-0.4, -0.2) is 90.7 Å². The molecule has 2 amide bonds. The third kappa shape index (κ3) is 5.42. The largest absolute Gasteiger partial charge is 0.443 e. The number of nitrogens with zero attached hydrogens (tertiary/aromatic N) is 3. The van der Waals surface area contributed by atoms with Crippen molar-refractivity contribution in [1.29, 1.82) is 0 Å². The van der Waals surface area contributed by atoms with Crippen molar-refractivity contribution in [2.45, 2.75) is 76.9 Å². The SMILES string of the molecule is Cc1cccc(C)c1C(=O)N1CCC(C2CC3(CCNCC3)OC(=O)N2CCN2CCCCC2)CC1. The Bertz CT molecular complexity index is 910. The normalized spacial score (nSPS) is 25.7. The van der Waals surface area contributed by atoms with E-state index in [2.05, 4.69) is 15.1 Å². The molecular formula is C29H44N4O3. The molecule has 0 bridgehead atoms. The van der Waals surface area contributed by atoms with Gasteiger partial charge in [-0.05, 0) is 95.6 Å². The van der Waals surface area contributed by atoms with Crippen LogP contribution in [0.25, 0.3) is 0 Å². The predicted molar refractivity (Wildman–Crippen MR) is 141 cm³/mol. The Labute approximate surface area is 216 Å². The number of hydrogen-bond donors (Lipinski definition) is 1. The van der Waals surface area contributed by atoms with Gasteiger partial charge >= 0.3 is 6.09 Å². The van der Waals surface area contributed by atoms with Crippen LogP contribution in [0.3, 0.4) is 0 Å². The molecule has 1 aromatic carbocycles. The number of piperidine rings is 3. The van der Waals surface area contributed by atoms with E-state index in [9.17, 15) is 9.59 Å². The predicted octanol–water partition coefficient (Wildman–Crippen LogP) is 3.97. The molecule has 1 spiro atoms. The van der Waals surface area contributed by atoms with E-state index < -0.39 is 0 Å². The van der Waals surface area contributed by atoms with E-state index in [0.717, 1.165) is 101 Å². The Kier molecular flexibility index (Phi) is 7.87. The van der Waals surface area contributed by atoms with Gasteiger partial charge in [0.25, 0.3) is 5.91 Å². The molecular weight excluding hydrogens is 452 g/mol. The van der Waals surface area contributed by atoms with Crippen LogP contribution in [-0.2, 0) is 4.74 Å². The standard InChI is InChI=1S/C29H44N4O3/c1-22-7-6-8-23(2)26(22)27(34)32-17-9-24(10-18-32)25-21-29(11-13-30-14-12-29)36-28(35)33(25)20-19-31-15-4-3-5-16-31/h6-8,24-25,30H,3-5,9-21H2,1-2H3. The molecule has 0 saturated carbocycles. The van der Waals surface area contributed by atoms with Gasteiger partial charge in [0.15, 0.2) is 0 Å². The molecule has 0 aromatic heterocycles. The van der Waals surface area contributed by atoms with Gasteiger partial charge in [0, 0.05) is 44.2 Å². The molecule has 7 nitrogen and oxygen atoms in total. The third-order valence-corrected chi connectivity index (χ3v) is 9.21. The zero-order valence-corrected chi connectivity index (χ0v) is 22.3. The van der Waals surface area contributed by atoms with Crippen LogP contribution in [0.2, 0.25) is 0 Å². The topological polar surface area (TPSA) is 65.1 Å². The Morgan fingerprint density at radius 3 is 2.33 bits per heavy atom. The van der Waals surface area contributed by atoms with E-state index in [-0.39, 0.29) is 23.6 Å². The highest BCUT2D eigenvalue weighted by molar-refractivity contribution is 5.97. The summed E-state index contributed by atoms with van der Waals surface area (Å²) in [5, 5.41) is 3.43. The molecule has 4 aliphatic rings. The van der Waals surface area contributed by atoms with Crippen molar-refractivity contribution < 1.29 is 14.3 Å². The van der Waals surface area contributed by atoms with Crippen molar-refractivity contribution in [2.24, 2.45) is 5.92 Å². The molecule has 4 saturated heterocycles. The lowest BCUT2D eigenvalue weighted by Crippen LogP contribution is -2.61. The van der Waals surface area contributed by atoms with Crippen molar-refractivity contribution in [1.82, 2.24) is 20.0 Å². The number of carbonyl (C=O) groups is 2. The van der Waals surface area contributed by atoms with Crippen LogP contribution < -0.4 is 5.32 Å². The first-order valence-corrected chi connectivity index (χ1v) is 14.2. The van der Waals surface area contributed by atoms with Gasteiger partial charge in [0.2, 0.25) is 0 Å². The molecule has 4 fully saturated rings. The smallest absolute Gasteiger partial charge is 0.410 e. The van der Waals surface area contributed by atoms with Gasteiger partial charge in [-0.25, -0.2) is 4.79 Å². The van der Waals surface area contributed by atoms with Crippen molar-refractivity contribution >= 4 is 12.0 Å². The number of hydrogen-bond acceptors (Lipinski definition) is 5. The lowest BCUT2D eigenvalue weighted by atomic mass is 9.77. The number of likely N-dealkylation sites (tertiary alicyclic amines) is 2.